The average molecular weight is 302 g/mol. The third kappa shape index (κ3) is 4.34. The molecule has 1 unspecified atom stereocenters. The van der Waals surface area contributed by atoms with Gasteiger partial charge in [-0.05, 0) is 41.5 Å². The first-order valence-electron chi connectivity index (χ1n) is 8.14. The number of nitrogens with one attached hydrogen (secondary N) is 2. The molecule has 0 aliphatic rings. The van der Waals surface area contributed by atoms with Gasteiger partial charge in [0.05, 0.1) is 6.10 Å². The van der Waals surface area contributed by atoms with Crippen LogP contribution in [0, 0.1) is 5.92 Å². The van der Waals surface area contributed by atoms with Crippen molar-refractivity contribution < 1.29 is 9.90 Å². The molecular weight excluding hydrogens is 276 g/mol. The number of H-pyrrole nitrogens is 1. The number of benzene rings is 1. The molecule has 0 saturated carbocycles. The van der Waals surface area contributed by atoms with Gasteiger partial charge >= 0.3 is 0 Å². The molecule has 0 fully saturated rings. The minimum atomic E-state index is -0.449. The van der Waals surface area contributed by atoms with Crippen LogP contribution in [0.4, 0.5) is 0 Å². The van der Waals surface area contributed by atoms with Gasteiger partial charge < -0.3 is 15.4 Å². The van der Waals surface area contributed by atoms with Crippen molar-refractivity contribution in [3.8, 4) is 0 Å². The van der Waals surface area contributed by atoms with Crippen LogP contribution in [0.25, 0.3) is 10.9 Å². The highest BCUT2D eigenvalue weighted by Gasteiger charge is 2.16. The molecule has 120 valence electrons. The summed E-state index contributed by atoms with van der Waals surface area (Å²) in [5.74, 6) is 0.260. The van der Waals surface area contributed by atoms with Gasteiger partial charge in [-0.15, -0.1) is 0 Å². The minimum absolute atomic E-state index is 0.000767. The lowest BCUT2D eigenvalue weighted by atomic mass is 9.96. The second-order valence-corrected chi connectivity index (χ2v) is 5.85. The highest BCUT2D eigenvalue weighted by molar-refractivity contribution is 5.80. The number of hydrogen-bond donors (Lipinski definition) is 3. The number of aromatic amines is 1. The fourth-order valence-corrected chi connectivity index (χ4v) is 2.82. The summed E-state index contributed by atoms with van der Waals surface area (Å²) < 4.78 is 0. The molecule has 1 atom stereocenters. The number of hydrogen-bond acceptors (Lipinski definition) is 2. The van der Waals surface area contributed by atoms with Crippen LogP contribution in [-0.4, -0.2) is 28.6 Å². The van der Waals surface area contributed by atoms with Gasteiger partial charge in [-0.2, -0.15) is 0 Å². The maximum absolute atomic E-state index is 11.9. The van der Waals surface area contributed by atoms with Crippen molar-refractivity contribution in [1.29, 1.82) is 0 Å². The van der Waals surface area contributed by atoms with Crippen molar-refractivity contribution >= 4 is 16.8 Å². The number of fused-ring (bicyclic) bond motifs is 1. The third-order valence-electron chi connectivity index (χ3n) is 4.36. The van der Waals surface area contributed by atoms with Crippen molar-refractivity contribution in [3.05, 3.63) is 36.0 Å². The van der Waals surface area contributed by atoms with E-state index in [1.165, 1.54) is 5.39 Å². The van der Waals surface area contributed by atoms with E-state index in [0.29, 0.717) is 19.4 Å². The minimum Gasteiger partial charge on any atom is -0.391 e. The number of rotatable bonds is 8. The SMILES string of the molecule is CCC(CC)C(O)CNC(=O)CCc1ccc2[nH]ccc2c1. The Morgan fingerprint density at radius 1 is 1.27 bits per heavy atom. The standard InChI is InChI=1S/C18H26N2O2/c1-3-14(4-2)17(21)12-20-18(22)8-6-13-5-7-16-15(11-13)9-10-19-16/h5,7,9-11,14,17,19,21H,3-4,6,8,12H2,1-2H3,(H,20,22). The molecule has 1 aromatic carbocycles. The molecule has 2 rings (SSSR count). The Bertz CT molecular complexity index is 602. The summed E-state index contributed by atoms with van der Waals surface area (Å²) in [5, 5.41) is 14.0. The third-order valence-corrected chi connectivity index (χ3v) is 4.36. The van der Waals surface area contributed by atoms with E-state index in [1.807, 2.05) is 24.4 Å². The molecule has 1 amide bonds. The molecule has 2 aromatic rings. The summed E-state index contributed by atoms with van der Waals surface area (Å²) in [4.78, 5) is 15.1. The summed E-state index contributed by atoms with van der Waals surface area (Å²) in [5.41, 5.74) is 2.27. The van der Waals surface area contributed by atoms with Gasteiger partial charge in [-0.25, -0.2) is 0 Å². The van der Waals surface area contributed by atoms with Gasteiger partial charge in [0.15, 0.2) is 0 Å². The van der Waals surface area contributed by atoms with Gasteiger partial charge in [-0.3, -0.25) is 4.79 Å². The van der Waals surface area contributed by atoms with Crippen LogP contribution in [0.1, 0.15) is 38.7 Å². The first-order chi connectivity index (χ1) is 10.6. The van der Waals surface area contributed by atoms with Gasteiger partial charge in [0.2, 0.25) is 5.91 Å². The molecule has 0 radical (unpaired) electrons. The topological polar surface area (TPSA) is 65.1 Å². The Morgan fingerprint density at radius 3 is 2.77 bits per heavy atom. The second kappa shape index (κ2) is 7.99. The van der Waals surface area contributed by atoms with Crippen molar-refractivity contribution in [2.24, 2.45) is 5.92 Å². The Morgan fingerprint density at radius 2 is 2.05 bits per heavy atom. The molecule has 0 spiro atoms. The van der Waals surface area contributed by atoms with Crippen LogP contribution < -0.4 is 5.32 Å². The molecular formula is C18H26N2O2. The number of aromatic nitrogens is 1. The van der Waals surface area contributed by atoms with E-state index in [2.05, 4.69) is 30.2 Å². The van der Waals surface area contributed by atoms with Crippen LogP contribution in [0.5, 0.6) is 0 Å². The van der Waals surface area contributed by atoms with Gasteiger partial charge in [-0.1, -0.05) is 32.8 Å². The Balaban J connectivity index is 1.77. The highest BCUT2D eigenvalue weighted by atomic mass is 16.3. The van der Waals surface area contributed by atoms with Crippen molar-refractivity contribution in [2.75, 3.05) is 6.54 Å². The van der Waals surface area contributed by atoms with E-state index in [4.69, 9.17) is 0 Å². The fraction of sp³-hybridized carbons (Fsp3) is 0.500. The van der Waals surface area contributed by atoms with Crippen LogP contribution >= 0.6 is 0 Å². The molecule has 0 bridgehead atoms. The van der Waals surface area contributed by atoms with Crippen LogP contribution in [0.2, 0.25) is 0 Å². The molecule has 0 aliphatic heterocycles. The molecule has 0 aliphatic carbocycles. The first-order valence-corrected chi connectivity index (χ1v) is 8.14. The number of carbonyl (C=O) groups excluding carboxylic acids is 1. The number of aliphatic hydroxyl groups excluding tert-OH is 1. The zero-order valence-electron chi connectivity index (χ0n) is 13.4. The normalized spacial score (nSPS) is 12.7. The number of amides is 1. The zero-order chi connectivity index (χ0) is 15.9. The van der Waals surface area contributed by atoms with Gasteiger partial charge in [0.1, 0.15) is 0 Å². The molecule has 3 N–H and O–H groups in total. The van der Waals surface area contributed by atoms with E-state index in [-0.39, 0.29) is 11.8 Å². The second-order valence-electron chi connectivity index (χ2n) is 5.85. The Hall–Kier alpha value is -1.81. The predicted molar refractivity (Wildman–Crippen MR) is 89.7 cm³/mol. The summed E-state index contributed by atoms with van der Waals surface area (Å²) in [6.45, 7) is 4.48. The quantitative estimate of drug-likeness (QED) is 0.702. The van der Waals surface area contributed by atoms with E-state index >= 15 is 0 Å². The van der Waals surface area contributed by atoms with E-state index in [1.54, 1.807) is 0 Å². The van der Waals surface area contributed by atoms with Crippen molar-refractivity contribution in [1.82, 2.24) is 10.3 Å². The van der Waals surface area contributed by atoms with Gasteiger partial charge in [0, 0.05) is 24.7 Å². The maximum atomic E-state index is 11.9. The molecule has 0 saturated heterocycles. The Labute approximate surface area is 131 Å². The van der Waals surface area contributed by atoms with Crippen molar-refractivity contribution in [3.63, 3.8) is 0 Å². The fourth-order valence-electron chi connectivity index (χ4n) is 2.82. The molecule has 4 nitrogen and oxygen atoms in total. The van der Waals surface area contributed by atoms with E-state index in [0.717, 1.165) is 23.9 Å². The summed E-state index contributed by atoms with van der Waals surface area (Å²) in [6, 6.07) is 8.23. The lowest BCUT2D eigenvalue weighted by Crippen LogP contribution is -2.36. The van der Waals surface area contributed by atoms with Crippen LogP contribution in [-0.2, 0) is 11.2 Å². The highest BCUT2D eigenvalue weighted by Crippen LogP contribution is 2.15. The molecule has 4 heteroatoms. The Kier molecular flexibility index (Phi) is 6.01. The summed E-state index contributed by atoms with van der Waals surface area (Å²) >= 11 is 0. The van der Waals surface area contributed by atoms with Crippen molar-refractivity contribution in [2.45, 2.75) is 45.6 Å². The first kappa shape index (κ1) is 16.6. The molecule has 1 heterocycles. The lowest BCUT2D eigenvalue weighted by molar-refractivity contribution is -0.121. The molecule has 22 heavy (non-hydrogen) atoms. The maximum Gasteiger partial charge on any atom is 0.220 e. The average Bonchev–Trinajstić information content (AvgIpc) is 2.99. The van der Waals surface area contributed by atoms with Gasteiger partial charge in [0.25, 0.3) is 0 Å². The summed E-state index contributed by atoms with van der Waals surface area (Å²) in [7, 11) is 0. The number of carbonyl (C=O) groups is 1. The zero-order valence-corrected chi connectivity index (χ0v) is 13.4. The largest absolute Gasteiger partial charge is 0.391 e. The monoisotopic (exact) mass is 302 g/mol. The lowest BCUT2D eigenvalue weighted by Gasteiger charge is -2.20. The number of aryl methyl sites for hydroxylation is 1. The van der Waals surface area contributed by atoms with E-state index < -0.39 is 6.10 Å². The summed E-state index contributed by atoms with van der Waals surface area (Å²) in [6.07, 6.45) is 4.50. The van der Waals surface area contributed by atoms with Crippen LogP contribution in [0.3, 0.4) is 0 Å². The molecule has 1 aromatic heterocycles. The predicted octanol–water partition coefficient (Wildman–Crippen LogP) is 3.01. The van der Waals surface area contributed by atoms with Crippen LogP contribution in [0.15, 0.2) is 30.5 Å². The smallest absolute Gasteiger partial charge is 0.220 e. The number of aliphatic hydroxyl groups is 1. The van der Waals surface area contributed by atoms with E-state index in [9.17, 15) is 9.90 Å².